The Morgan fingerprint density at radius 1 is 1.32 bits per heavy atom. The Balaban J connectivity index is 1.51. The van der Waals surface area contributed by atoms with Crippen LogP contribution in [0.3, 0.4) is 0 Å². The molecule has 1 aliphatic carbocycles. The predicted octanol–water partition coefficient (Wildman–Crippen LogP) is 2.50. The smallest absolute Gasteiger partial charge is 0.290 e. The van der Waals surface area contributed by atoms with Crippen molar-refractivity contribution in [2.24, 2.45) is 0 Å². The molecule has 116 valence electrons. The number of fused-ring (bicyclic) bond motifs is 1. The molecule has 3 rings (SSSR count). The Kier molecular flexibility index (Phi) is 4.37. The highest BCUT2D eigenvalue weighted by Crippen LogP contribution is 2.23. The van der Waals surface area contributed by atoms with Crippen LogP contribution in [0.4, 0.5) is 4.39 Å². The molecule has 0 radical (unpaired) electrons. The number of rotatable bonds is 5. The summed E-state index contributed by atoms with van der Waals surface area (Å²) in [6.07, 6.45) is 3.82. The van der Waals surface area contributed by atoms with Crippen molar-refractivity contribution in [2.45, 2.75) is 25.7 Å². The summed E-state index contributed by atoms with van der Waals surface area (Å²) in [5.74, 6) is -0.250. The fourth-order valence-electron chi connectivity index (χ4n) is 2.54. The van der Waals surface area contributed by atoms with Crippen LogP contribution in [-0.2, 0) is 12.8 Å². The summed E-state index contributed by atoms with van der Waals surface area (Å²) in [5, 5.41) is 6.65. The average molecular weight is 304 g/mol. The minimum atomic E-state index is -0.418. The average Bonchev–Trinajstić information content (AvgIpc) is 2.97. The number of amides is 1. The topological polar surface area (TPSA) is 64.4 Å². The maximum absolute atomic E-state index is 13.4. The van der Waals surface area contributed by atoms with Gasteiger partial charge in [-0.15, -0.1) is 0 Å². The molecular formula is C16H17FN2O3. The van der Waals surface area contributed by atoms with Gasteiger partial charge in [0.25, 0.3) is 5.91 Å². The Hall–Kier alpha value is -2.37. The van der Waals surface area contributed by atoms with Crippen molar-refractivity contribution in [3.05, 3.63) is 47.1 Å². The zero-order valence-corrected chi connectivity index (χ0v) is 12.1. The van der Waals surface area contributed by atoms with E-state index in [-0.39, 0.29) is 24.8 Å². The molecule has 1 heterocycles. The number of carbonyl (C=O) groups is 1. The molecule has 1 N–H and O–H groups in total. The molecule has 0 bridgehead atoms. The molecule has 0 fully saturated rings. The molecule has 0 saturated heterocycles. The second-order valence-electron chi connectivity index (χ2n) is 5.18. The number of benzene rings is 1. The van der Waals surface area contributed by atoms with Gasteiger partial charge in [0.2, 0.25) is 5.76 Å². The molecule has 1 aromatic heterocycles. The predicted molar refractivity (Wildman–Crippen MR) is 77.4 cm³/mol. The number of carbonyl (C=O) groups excluding carboxylic acids is 1. The highest BCUT2D eigenvalue weighted by molar-refractivity contribution is 5.93. The Bertz CT molecular complexity index is 669. The molecule has 5 nitrogen and oxygen atoms in total. The summed E-state index contributed by atoms with van der Waals surface area (Å²) < 4.78 is 23.8. The van der Waals surface area contributed by atoms with E-state index in [0.717, 1.165) is 36.9 Å². The number of hydrogen-bond donors (Lipinski definition) is 1. The van der Waals surface area contributed by atoms with Gasteiger partial charge in [0.15, 0.2) is 11.6 Å². The Labute approximate surface area is 127 Å². The first-order valence-electron chi connectivity index (χ1n) is 7.38. The zero-order chi connectivity index (χ0) is 15.4. The molecule has 0 saturated carbocycles. The van der Waals surface area contributed by atoms with Crippen molar-refractivity contribution < 1.29 is 18.4 Å². The first kappa shape index (κ1) is 14.6. The largest absolute Gasteiger partial charge is 0.489 e. The van der Waals surface area contributed by atoms with E-state index in [1.807, 2.05) is 0 Å². The lowest BCUT2D eigenvalue weighted by molar-refractivity contribution is 0.0908. The van der Waals surface area contributed by atoms with Gasteiger partial charge in [0.05, 0.1) is 12.2 Å². The number of ether oxygens (including phenoxy) is 1. The summed E-state index contributed by atoms with van der Waals surface area (Å²) in [6, 6.07) is 6.16. The lowest BCUT2D eigenvalue weighted by Gasteiger charge is -2.10. The van der Waals surface area contributed by atoms with Crippen molar-refractivity contribution in [3.63, 3.8) is 0 Å². The molecule has 22 heavy (non-hydrogen) atoms. The minimum Gasteiger partial charge on any atom is -0.489 e. The fraction of sp³-hybridized carbons (Fsp3) is 0.375. The molecule has 0 unspecified atom stereocenters. The number of aryl methyl sites for hydroxylation is 1. The standard InChI is InChI=1S/C16H17FN2O3/c17-12-6-2-4-8-14(12)21-10-9-18-16(20)15-11-5-1-3-7-13(11)19-22-15/h2,4,6,8H,1,3,5,7,9-10H2,(H,18,20). The van der Waals surface area contributed by atoms with Crippen molar-refractivity contribution in [2.75, 3.05) is 13.2 Å². The summed E-state index contributed by atoms with van der Waals surface area (Å²) >= 11 is 0. The maximum atomic E-state index is 13.4. The van der Waals surface area contributed by atoms with Crippen molar-refractivity contribution in [1.82, 2.24) is 10.5 Å². The van der Waals surface area contributed by atoms with Crippen LogP contribution in [0, 0.1) is 5.82 Å². The van der Waals surface area contributed by atoms with E-state index >= 15 is 0 Å². The van der Waals surface area contributed by atoms with E-state index < -0.39 is 5.82 Å². The second kappa shape index (κ2) is 6.60. The normalized spacial score (nSPS) is 13.5. The van der Waals surface area contributed by atoms with Crippen LogP contribution in [0.1, 0.15) is 34.7 Å². The Morgan fingerprint density at radius 2 is 2.14 bits per heavy atom. The lowest BCUT2D eigenvalue weighted by Crippen LogP contribution is -2.28. The van der Waals surface area contributed by atoms with Gasteiger partial charge in [0, 0.05) is 5.56 Å². The molecule has 6 heteroatoms. The van der Waals surface area contributed by atoms with E-state index in [2.05, 4.69) is 10.5 Å². The van der Waals surface area contributed by atoms with Crippen LogP contribution in [0.15, 0.2) is 28.8 Å². The highest BCUT2D eigenvalue weighted by Gasteiger charge is 2.23. The number of halogens is 1. The van der Waals surface area contributed by atoms with Gasteiger partial charge in [0.1, 0.15) is 6.61 Å². The number of aromatic nitrogens is 1. The zero-order valence-electron chi connectivity index (χ0n) is 12.1. The Morgan fingerprint density at radius 3 is 3.00 bits per heavy atom. The summed E-state index contributed by atoms with van der Waals surface area (Å²) in [5.41, 5.74) is 1.80. The van der Waals surface area contributed by atoms with E-state index in [1.54, 1.807) is 18.2 Å². The molecule has 1 aromatic carbocycles. The molecular weight excluding hydrogens is 287 g/mol. The number of nitrogens with one attached hydrogen (secondary N) is 1. The van der Waals surface area contributed by atoms with Gasteiger partial charge in [-0.3, -0.25) is 4.79 Å². The van der Waals surface area contributed by atoms with Gasteiger partial charge in [-0.25, -0.2) is 4.39 Å². The summed E-state index contributed by atoms with van der Waals surface area (Å²) in [7, 11) is 0. The van der Waals surface area contributed by atoms with Gasteiger partial charge in [-0.05, 0) is 37.8 Å². The van der Waals surface area contributed by atoms with Gasteiger partial charge < -0.3 is 14.6 Å². The van der Waals surface area contributed by atoms with E-state index in [9.17, 15) is 9.18 Å². The van der Waals surface area contributed by atoms with Crippen LogP contribution in [0.2, 0.25) is 0 Å². The molecule has 2 aromatic rings. The van der Waals surface area contributed by atoms with E-state index in [4.69, 9.17) is 9.26 Å². The highest BCUT2D eigenvalue weighted by atomic mass is 19.1. The SMILES string of the molecule is O=C(NCCOc1ccccc1F)c1onc2c1CCCC2. The number of para-hydroxylation sites is 1. The van der Waals surface area contributed by atoms with Gasteiger partial charge >= 0.3 is 0 Å². The molecule has 0 aliphatic heterocycles. The van der Waals surface area contributed by atoms with Crippen molar-refractivity contribution in [3.8, 4) is 5.75 Å². The van der Waals surface area contributed by atoms with Crippen LogP contribution < -0.4 is 10.1 Å². The van der Waals surface area contributed by atoms with Crippen LogP contribution in [0.25, 0.3) is 0 Å². The van der Waals surface area contributed by atoms with Gasteiger partial charge in [-0.1, -0.05) is 17.3 Å². The maximum Gasteiger partial charge on any atom is 0.290 e. The number of nitrogens with zero attached hydrogens (tertiary/aromatic N) is 1. The third-order valence-corrected chi connectivity index (χ3v) is 3.65. The van der Waals surface area contributed by atoms with Crippen LogP contribution in [-0.4, -0.2) is 24.2 Å². The first-order valence-corrected chi connectivity index (χ1v) is 7.38. The van der Waals surface area contributed by atoms with Crippen LogP contribution >= 0.6 is 0 Å². The molecule has 0 spiro atoms. The second-order valence-corrected chi connectivity index (χ2v) is 5.18. The van der Waals surface area contributed by atoms with Crippen molar-refractivity contribution in [1.29, 1.82) is 0 Å². The minimum absolute atomic E-state index is 0.175. The number of hydrogen-bond acceptors (Lipinski definition) is 4. The monoisotopic (exact) mass is 304 g/mol. The third-order valence-electron chi connectivity index (χ3n) is 3.65. The third kappa shape index (κ3) is 3.10. The first-order chi connectivity index (χ1) is 10.8. The van der Waals surface area contributed by atoms with Crippen molar-refractivity contribution >= 4 is 5.91 Å². The van der Waals surface area contributed by atoms with Gasteiger partial charge in [-0.2, -0.15) is 0 Å². The molecule has 1 amide bonds. The fourth-order valence-corrected chi connectivity index (χ4v) is 2.54. The molecule has 1 aliphatic rings. The molecule has 0 atom stereocenters. The quantitative estimate of drug-likeness (QED) is 0.862. The summed E-state index contributed by atoms with van der Waals surface area (Å²) in [4.78, 5) is 12.1. The lowest BCUT2D eigenvalue weighted by atomic mass is 9.96. The summed E-state index contributed by atoms with van der Waals surface area (Å²) in [6.45, 7) is 0.450. The van der Waals surface area contributed by atoms with E-state index in [0.29, 0.717) is 5.76 Å². The van der Waals surface area contributed by atoms with E-state index in [1.165, 1.54) is 6.07 Å². The van der Waals surface area contributed by atoms with Crippen LogP contribution in [0.5, 0.6) is 5.75 Å².